The van der Waals surface area contributed by atoms with Crippen LogP contribution in [0.4, 0.5) is 11.6 Å². The van der Waals surface area contributed by atoms with Gasteiger partial charge in [0.1, 0.15) is 17.5 Å². The Labute approximate surface area is 109 Å². The Kier molecular flexibility index (Phi) is 4.90. The van der Waals surface area contributed by atoms with Gasteiger partial charge in [-0.25, -0.2) is 9.97 Å². The summed E-state index contributed by atoms with van der Waals surface area (Å²) in [4.78, 5) is 8.96. The molecule has 0 unspecified atom stereocenters. The molecule has 0 aliphatic carbocycles. The predicted octanol–water partition coefficient (Wildman–Crippen LogP) is 1.96. The van der Waals surface area contributed by atoms with Crippen molar-refractivity contribution in [3.63, 3.8) is 0 Å². The van der Waals surface area contributed by atoms with E-state index in [0.717, 1.165) is 35.9 Å². The first-order valence-corrected chi connectivity index (χ1v) is 6.39. The normalized spacial score (nSPS) is 11.4. The van der Waals surface area contributed by atoms with Gasteiger partial charge in [-0.15, -0.1) is 0 Å². The SMILES string of the molecule is CCCc1nc(NC)c(C)c(NCC(C)(C)O)n1. The second kappa shape index (κ2) is 6.00. The minimum Gasteiger partial charge on any atom is -0.389 e. The average Bonchev–Trinajstić information content (AvgIpc) is 2.28. The molecule has 0 aromatic carbocycles. The lowest BCUT2D eigenvalue weighted by molar-refractivity contribution is 0.0944. The summed E-state index contributed by atoms with van der Waals surface area (Å²) in [5.41, 5.74) is 0.212. The molecular weight excluding hydrogens is 228 g/mol. The molecular formula is C13H24N4O. The van der Waals surface area contributed by atoms with Crippen LogP contribution in [0.2, 0.25) is 0 Å². The third kappa shape index (κ3) is 4.14. The first-order chi connectivity index (χ1) is 8.37. The van der Waals surface area contributed by atoms with E-state index in [1.807, 2.05) is 14.0 Å². The average molecular weight is 252 g/mol. The van der Waals surface area contributed by atoms with Crippen molar-refractivity contribution in [2.45, 2.75) is 46.1 Å². The van der Waals surface area contributed by atoms with Crippen LogP contribution in [0.1, 0.15) is 38.6 Å². The molecule has 1 rings (SSSR count). The number of aliphatic hydroxyl groups is 1. The van der Waals surface area contributed by atoms with E-state index in [-0.39, 0.29) is 0 Å². The summed E-state index contributed by atoms with van der Waals surface area (Å²) in [6.45, 7) is 8.06. The van der Waals surface area contributed by atoms with Crippen LogP contribution in [0, 0.1) is 6.92 Å². The zero-order valence-electron chi connectivity index (χ0n) is 12.0. The molecule has 102 valence electrons. The number of hydrogen-bond acceptors (Lipinski definition) is 5. The summed E-state index contributed by atoms with van der Waals surface area (Å²) in [7, 11) is 1.85. The summed E-state index contributed by atoms with van der Waals surface area (Å²) in [5.74, 6) is 2.46. The van der Waals surface area contributed by atoms with Gasteiger partial charge in [0.15, 0.2) is 0 Å². The Morgan fingerprint density at radius 1 is 1.22 bits per heavy atom. The second-order valence-electron chi connectivity index (χ2n) is 5.13. The van der Waals surface area contributed by atoms with Crippen molar-refractivity contribution < 1.29 is 5.11 Å². The van der Waals surface area contributed by atoms with Crippen LogP contribution in [-0.2, 0) is 6.42 Å². The largest absolute Gasteiger partial charge is 0.389 e. The van der Waals surface area contributed by atoms with E-state index in [0.29, 0.717) is 6.54 Å². The van der Waals surface area contributed by atoms with Gasteiger partial charge in [-0.3, -0.25) is 0 Å². The standard InChI is InChI=1S/C13H24N4O/c1-6-7-10-16-11(14-5)9(2)12(17-10)15-8-13(3,4)18/h18H,6-8H2,1-5H3,(H2,14,15,16,17). The number of anilines is 2. The van der Waals surface area contributed by atoms with Gasteiger partial charge in [0, 0.05) is 25.6 Å². The van der Waals surface area contributed by atoms with Gasteiger partial charge in [0.25, 0.3) is 0 Å². The molecule has 0 amide bonds. The number of nitrogens with zero attached hydrogens (tertiary/aromatic N) is 2. The summed E-state index contributed by atoms with van der Waals surface area (Å²) in [6.07, 6.45) is 1.86. The molecule has 0 radical (unpaired) electrons. The molecule has 0 aliphatic rings. The number of aromatic nitrogens is 2. The third-order valence-corrected chi connectivity index (χ3v) is 2.59. The molecule has 0 saturated carbocycles. The lowest BCUT2D eigenvalue weighted by Gasteiger charge is -2.20. The van der Waals surface area contributed by atoms with Gasteiger partial charge >= 0.3 is 0 Å². The summed E-state index contributed by atoms with van der Waals surface area (Å²) in [5, 5.41) is 16.0. The van der Waals surface area contributed by atoms with E-state index >= 15 is 0 Å². The van der Waals surface area contributed by atoms with Crippen LogP contribution >= 0.6 is 0 Å². The van der Waals surface area contributed by atoms with Crippen LogP contribution < -0.4 is 10.6 Å². The monoisotopic (exact) mass is 252 g/mol. The highest BCUT2D eigenvalue weighted by Crippen LogP contribution is 2.20. The van der Waals surface area contributed by atoms with Crippen molar-refractivity contribution in [2.24, 2.45) is 0 Å². The predicted molar refractivity (Wildman–Crippen MR) is 75.1 cm³/mol. The van der Waals surface area contributed by atoms with E-state index in [1.165, 1.54) is 0 Å². The molecule has 5 heteroatoms. The van der Waals surface area contributed by atoms with Crippen molar-refractivity contribution in [3.8, 4) is 0 Å². The van der Waals surface area contributed by atoms with Crippen molar-refractivity contribution >= 4 is 11.6 Å². The van der Waals surface area contributed by atoms with Gasteiger partial charge in [0.2, 0.25) is 0 Å². The Morgan fingerprint density at radius 2 is 1.83 bits per heavy atom. The molecule has 0 bridgehead atoms. The third-order valence-electron chi connectivity index (χ3n) is 2.59. The lowest BCUT2D eigenvalue weighted by atomic mass is 10.1. The van der Waals surface area contributed by atoms with Gasteiger partial charge in [-0.2, -0.15) is 0 Å². The number of aryl methyl sites for hydroxylation is 1. The molecule has 18 heavy (non-hydrogen) atoms. The highest BCUT2D eigenvalue weighted by Gasteiger charge is 2.15. The molecule has 0 spiro atoms. The first-order valence-electron chi connectivity index (χ1n) is 6.39. The minimum atomic E-state index is -0.762. The molecule has 0 fully saturated rings. The van der Waals surface area contributed by atoms with E-state index in [9.17, 15) is 5.11 Å². The quantitative estimate of drug-likeness (QED) is 0.722. The second-order valence-corrected chi connectivity index (χ2v) is 5.13. The maximum Gasteiger partial charge on any atom is 0.134 e. The van der Waals surface area contributed by atoms with Gasteiger partial charge < -0.3 is 15.7 Å². The van der Waals surface area contributed by atoms with E-state index < -0.39 is 5.60 Å². The van der Waals surface area contributed by atoms with Crippen molar-refractivity contribution in [2.75, 3.05) is 24.2 Å². The highest BCUT2D eigenvalue weighted by atomic mass is 16.3. The molecule has 0 saturated heterocycles. The Hall–Kier alpha value is -1.36. The van der Waals surface area contributed by atoms with E-state index in [4.69, 9.17) is 0 Å². The molecule has 0 atom stereocenters. The fourth-order valence-electron chi connectivity index (χ4n) is 1.61. The fraction of sp³-hybridized carbons (Fsp3) is 0.692. The van der Waals surface area contributed by atoms with Gasteiger partial charge in [0.05, 0.1) is 5.60 Å². The smallest absolute Gasteiger partial charge is 0.134 e. The molecule has 0 aliphatic heterocycles. The zero-order chi connectivity index (χ0) is 13.8. The molecule has 1 aromatic rings. The van der Waals surface area contributed by atoms with Crippen molar-refractivity contribution in [3.05, 3.63) is 11.4 Å². The summed E-state index contributed by atoms with van der Waals surface area (Å²) >= 11 is 0. The topological polar surface area (TPSA) is 70.1 Å². The zero-order valence-corrected chi connectivity index (χ0v) is 12.0. The Bertz CT molecular complexity index is 399. The maximum absolute atomic E-state index is 9.75. The molecule has 5 nitrogen and oxygen atoms in total. The van der Waals surface area contributed by atoms with Crippen LogP contribution in [0.15, 0.2) is 0 Å². The van der Waals surface area contributed by atoms with Crippen LogP contribution in [-0.4, -0.2) is 34.3 Å². The van der Waals surface area contributed by atoms with Gasteiger partial charge in [-0.1, -0.05) is 6.92 Å². The molecule has 1 heterocycles. The van der Waals surface area contributed by atoms with E-state index in [2.05, 4.69) is 27.5 Å². The van der Waals surface area contributed by atoms with E-state index in [1.54, 1.807) is 13.8 Å². The number of hydrogen-bond donors (Lipinski definition) is 3. The molecule has 1 aromatic heterocycles. The van der Waals surface area contributed by atoms with Crippen LogP contribution in [0.25, 0.3) is 0 Å². The van der Waals surface area contributed by atoms with Crippen LogP contribution in [0.5, 0.6) is 0 Å². The van der Waals surface area contributed by atoms with Crippen LogP contribution in [0.3, 0.4) is 0 Å². The first kappa shape index (κ1) is 14.7. The maximum atomic E-state index is 9.75. The van der Waals surface area contributed by atoms with Crippen molar-refractivity contribution in [1.29, 1.82) is 0 Å². The number of nitrogens with one attached hydrogen (secondary N) is 2. The minimum absolute atomic E-state index is 0.458. The Morgan fingerprint density at radius 3 is 2.33 bits per heavy atom. The van der Waals surface area contributed by atoms with Crippen molar-refractivity contribution in [1.82, 2.24) is 9.97 Å². The number of rotatable bonds is 6. The van der Waals surface area contributed by atoms with Gasteiger partial charge in [-0.05, 0) is 27.2 Å². The summed E-state index contributed by atoms with van der Waals surface area (Å²) < 4.78 is 0. The summed E-state index contributed by atoms with van der Waals surface area (Å²) in [6, 6.07) is 0. The highest BCUT2D eigenvalue weighted by molar-refractivity contribution is 5.57. The lowest BCUT2D eigenvalue weighted by Crippen LogP contribution is -2.30. The fourth-order valence-corrected chi connectivity index (χ4v) is 1.61. The Balaban J connectivity index is 2.97. The molecule has 3 N–H and O–H groups in total.